The van der Waals surface area contributed by atoms with Crippen LogP contribution in [0.3, 0.4) is 0 Å². The molecule has 0 saturated carbocycles. The van der Waals surface area contributed by atoms with Crippen LogP contribution in [-0.4, -0.2) is 55.1 Å². The molecule has 0 aliphatic carbocycles. The fourth-order valence-electron chi connectivity index (χ4n) is 4.76. The monoisotopic (exact) mass is 564 g/mol. The van der Waals surface area contributed by atoms with Crippen molar-refractivity contribution < 1.29 is 31.1 Å². The van der Waals surface area contributed by atoms with Gasteiger partial charge in [0.15, 0.2) is 0 Å². The standard InChI is InChI=1S/C29H30F6N4O/c30-28(31,32)23-17-24(29(33,34)35)19-25(18-23)37-27(40)36-20-26(22-9-5-2-6-10-22)39-15-13-38(14-16-39)12-11-21-7-3-1-4-8-21/h1-10,17-19,26H,11-16,20H2,(H2,36,37,40). The number of urea groups is 1. The molecule has 11 heteroatoms. The minimum absolute atomic E-state index is 0.0218. The van der Waals surface area contributed by atoms with Crippen LogP contribution in [0.4, 0.5) is 36.8 Å². The van der Waals surface area contributed by atoms with E-state index in [4.69, 9.17) is 0 Å². The number of carbonyl (C=O) groups excluding carboxylic acids is 1. The Hall–Kier alpha value is -3.57. The molecule has 1 saturated heterocycles. The zero-order chi connectivity index (χ0) is 28.8. The van der Waals surface area contributed by atoms with E-state index in [1.807, 2.05) is 48.5 Å². The molecule has 3 aromatic carbocycles. The molecule has 1 unspecified atom stereocenters. The molecule has 0 spiro atoms. The Morgan fingerprint density at radius 3 is 1.88 bits per heavy atom. The SMILES string of the molecule is O=C(NCC(c1ccccc1)N1CCN(CCc2ccccc2)CC1)Nc1cc(C(F)(F)F)cc(C(F)(F)F)c1. The molecular weight excluding hydrogens is 534 g/mol. The minimum Gasteiger partial charge on any atom is -0.336 e. The molecule has 1 aliphatic heterocycles. The van der Waals surface area contributed by atoms with Gasteiger partial charge in [0.25, 0.3) is 0 Å². The number of carbonyl (C=O) groups is 1. The van der Waals surface area contributed by atoms with Crippen molar-refractivity contribution in [2.24, 2.45) is 0 Å². The number of hydrogen-bond donors (Lipinski definition) is 2. The van der Waals surface area contributed by atoms with Gasteiger partial charge in [-0.3, -0.25) is 4.90 Å². The lowest BCUT2D eigenvalue weighted by Gasteiger charge is -2.39. The first-order chi connectivity index (χ1) is 19.0. The third-order valence-corrected chi connectivity index (χ3v) is 6.89. The molecule has 0 aromatic heterocycles. The van der Waals surface area contributed by atoms with E-state index in [0.29, 0.717) is 12.1 Å². The van der Waals surface area contributed by atoms with Gasteiger partial charge in [0.2, 0.25) is 0 Å². The van der Waals surface area contributed by atoms with Gasteiger partial charge in [-0.05, 0) is 35.7 Å². The van der Waals surface area contributed by atoms with Crippen LogP contribution in [0.5, 0.6) is 0 Å². The summed E-state index contributed by atoms with van der Waals surface area (Å²) in [4.78, 5) is 17.2. The summed E-state index contributed by atoms with van der Waals surface area (Å²) >= 11 is 0. The first kappa shape index (κ1) is 29.4. The van der Waals surface area contributed by atoms with Crippen molar-refractivity contribution in [2.75, 3.05) is 44.6 Å². The minimum atomic E-state index is -5.00. The van der Waals surface area contributed by atoms with Crippen LogP contribution < -0.4 is 10.6 Å². The van der Waals surface area contributed by atoms with Gasteiger partial charge >= 0.3 is 18.4 Å². The summed E-state index contributed by atoms with van der Waals surface area (Å²) in [5.74, 6) is 0. The summed E-state index contributed by atoms with van der Waals surface area (Å²) in [6, 6.07) is 19.6. The lowest BCUT2D eigenvalue weighted by Crippen LogP contribution is -2.50. The Morgan fingerprint density at radius 1 is 0.775 bits per heavy atom. The summed E-state index contributed by atoms with van der Waals surface area (Å²) in [5, 5.41) is 4.77. The average Bonchev–Trinajstić information content (AvgIpc) is 2.93. The van der Waals surface area contributed by atoms with Crippen LogP contribution in [-0.2, 0) is 18.8 Å². The maximum absolute atomic E-state index is 13.2. The number of alkyl halides is 6. The zero-order valence-corrected chi connectivity index (χ0v) is 21.6. The van der Waals surface area contributed by atoms with Crippen molar-refractivity contribution in [3.8, 4) is 0 Å². The molecule has 40 heavy (non-hydrogen) atoms. The van der Waals surface area contributed by atoms with Gasteiger partial charge in [-0.25, -0.2) is 4.79 Å². The van der Waals surface area contributed by atoms with Crippen molar-refractivity contribution in [3.05, 3.63) is 101 Å². The number of anilines is 1. The first-order valence-corrected chi connectivity index (χ1v) is 12.9. The smallest absolute Gasteiger partial charge is 0.336 e. The van der Waals surface area contributed by atoms with Gasteiger partial charge in [0, 0.05) is 45.0 Å². The second-order valence-electron chi connectivity index (χ2n) is 9.67. The predicted octanol–water partition coefficient (Wildman–Crippen LogP) is 6.45. The Morgan fingerprint density at radius 2 is 1.32 bits per heavy atom. The molecule has 0 radical (unpaired) electrons. The summed E-state index contributed by atoms with van der Waals surface area (Å²) in [7, 11) is 0. The Labute approximate surface area is 228 Å². The highest BCUT2D eigenvalue weighted by molar-refractivity contribution is 5.89. The normalized spacial score (nSPS) is 15.9. The largest absolute Gasteiger partial charge is 0.416 e. The van der Waals surface area contributed by atoms with Gasteiger partial charge < -0.3 is 15.5 Å². The van der Waals surface area contributed by atoms with Crippen LogP contribution in [0.1, 0.15) is 28.3 Å². The number of amides is 2. The van der Waals surface area contributed by atoms with E-state index in [2.05, 4.69) is 32.6 Å². The zero-order valence-electron chi connectivity index (χ0n) is 21.6. The number of hydrogen-bond acceptors (Lipinski definition) is 3. The van der Waals surface area contributed by atoms with E-state index in [-0.39, 0.29) is 18.7 Å². The molecule has 2 N–H and O–H groups in total. The fraction of sp³-hybridized carbons (Fsp3) is 0.345. The molecule has 1 atom stereocenters. The third-order valence-electron chi connectivity index (χ3n) is 6.89. The molecule has 1 aliphatic rings. The van der Waals surface area contributed by atoms with E-state index in [1.54, 1.807) is 0 Å². The molecule has 5 nitrogen and oxygen atoms in total. The Kier molecular flexibility index (Phi) is 9.36. The van der Waals surface area contributed by atoms with Gasteiger partial charge in [-0.15, -0.1) is 0 Å². The van der Waals surface area contributed by atoms with Crippen LogP contribution in [0.25, 0.3) is 0 Å². The Balaban J connectivity index is 1.39. The average molecular weight is 565 g/mol. The van der Waals surface area contributed by atoms with Crippen molar-refractivity contribution in [2.45, 2.75) is 24.8 Å². The summed E-state index contributed by atoms with van der Waals surface area (Å²) < 4.78 is 79.1. The number of benzene rings is 3. The first-order valence-electron chi connectivity index (χ1n) is 12.9. The molecular formula is C29H30F6N4O. The molecule has 1 fully saturated rings. The van der Waals surface area contributed by atoms with Crippen LogP contribution in [0.15, 0.2) is 78.9 Å². The van der Waals surface area contributed by atoms with Crippen LogP contribution in [0.2, 0.25) is 0 Å². The quantitative estimate of drug-likeness (QED) is 0.310. The van der Waals surface area contributed by atoms with E-state index in [0.717, 1.165) is 44.7 Å². The van der Waals surface area contributed by atoms with Crippen molar-refractivity contribution in [3.63, 3.8) is 0 Å². The molecule has 0 bridgehead atoms. The van der Waals surface area contributed by atoms with E-state index in [1.165, 1.54) is 5.56 Å². The molecule has 214 valence electrons. The lowest BCUT2D eigenvalue weighted by molar-refractivity contribution is -0.143. The number of rotatable bonds is 8. The van der Waals surface area contributed by atoms with E-state index < -0.39 is 35.2 Å². The lowest BCUT2D eigenvalue weighted by atomic mass is 10.0. The number of piperazine rings is 1. The van der Waals surface area contributed by atoms with Crippen molar-refractivity contribution >= 4 is 11.7 Å². The summed E-state index contributed by atoms with van der Waals surface area (Å²) in [6.07, 6.45) is -9.07. The van der Waals surface area contributed by atoms with Gasteiger partial charge in [-0.1, -0.05) is 60.7 Å². The van der Waals surface area contributed by atoms with Crippen LogP contribution in [0, 0.1) is 0 Å². The van der Waals surface area contributed by atoms with E-state index in [9.17, 15) is 31.1 Å². The number of nitrogens with zero attached hydrogens (tertiary/aromatic N) is 2. The Bertz CT molecular complexity index is 1210. The highest BCUT2D eigenvalue weighted by Crippen LogP contribution is 2.37. The molecule has 1 heterocycles. The van der Waals surface area contributed by atoms with Crippen molar-refractivity contribution in [1.82, 2.24) is 15.1 Å². The molecule has 4 rings (SSSR count). The van der Waals surface area contributed by atoms with E-state index >= 15 is 0 Å². The maximum Gasteiger partial charge on any atom is 0.416 e. The summed E-state index contributed by atoms with van der Waals surface area (Å²) in [6.45, 7) is 4.16. The maximum atomic E-state index is 13.2. The number of nitrogens with one attached hydrogen (secondary N) is 2. The van der Waals surface area contributed by atoms with Crippen molar-refractivity contribution in [1.29, 1.82) is 0 Å². The predicted molar refractivity (Wildman–Crippen MR) is 141 cm³/mol. The second-order valence-corrected chi connectivity index (χ2v) is 9.67. The molecule has 2 amide bonds. The van der Waals surface area contributed by atoms with Gasteiger partial charge in [-0.2, -0.15) is 26.3 Å². The number of halogens is 6. The molecule has 3 aromatic rings. The highest BCUT2D eigenvalue weighted by Gasteiger charge is 2.37. The third kappa shape index (κ3) is 8.22. The fourth-order valence-corrected chi connectivity index (χ4v) is 4.76. The van der Waals surface area contributed by atoms with Crippen LogP contribution >= 0.6 is 0 Å². The van der Waals surface area contributed by atoms with Gasteiger partial charge in [0.1, 0.15) is 0 Å². The summed E-state index contributed by atoms with van der Waals surface area (Å²) in [5.41, 5.74) is -1.37. The topological polar surface area (TPSA) is 47.6 Å². The van der Waals surface area contributed by atoms with Gasteiger partial charge in [0.05, 0.1) is 17.2 Å². The second kappa shape index (κ2) is 12.7. The highest BCUT2D eigenvalue weighted by atomic mass is 19.4.